The fourth-order valence-electron chi connectivity index (χ4n) is 3.66. The number of halogens is 2. The van der Waals surface area contributed by atoms with E-state index in [0.717, 1.165) is 29.4 Å². The average molecular weight is 432 g/mol. The van der Waals surface area contributed by atoms with Crippen molar-refractivity contribution in [1.82, 2.24) is 4.90 Å². The van der Waals surface area contributed by atoms with Crippen molar-refractivity contribution in [2.45, 2.75) is 25.8 Å². The van der Waals surface area contributed by atoms with E-state index >= 15 is 0 Å². The van der Waals surface area contributed by atoms with Crippen molar-refractivity contribution < 1.29 is 23.4 Å². The van der Waals surface area contributed by atoms with Crippen LogP contribution in [0.1, 0.15) is 34.3 Å². The van der Waals surface area contributed by atoms with Gasteiger partial charge in [0, 0.05) is 36.3 Å². The second kappa shape index (κ2) is 9.18. The highest BCUT2D eigenvalue weighted by molar-refractivity contribution is 6.31. The third kappa shape index (κ3) is 4.52. The second-order valence-corrected chi connectivity index (χ2v) is 7.67. The van der Waals surface area contributed by atoms with Crippen molar-refractivity contribution in [1.29, 1.82) is 0 Å². The lowest BCUT2D eigenvalue weighted by Crippen LogP contribution is -2.25. The monoisotopic (exact) mass is 431 g/mol. The quantitative estimate of drug-likeness (QED) is 0.613. The fraction of sp³-hybridized carbons (Fsp3) is 0.304. The van der Waals surface area contributed by atoms with Gasteiger partial charge in [-0.25, -0.2) is 4.39 Å². The van der Waals surface area contributed by atoms with Crippen LogP contribution < -0.4 is 4.74 Å². The summed E-state index contributed by atoms with van der Waals surface area (Å²) in [5.74, 6) is 1.85. The number of fused-ring (bicyclic) bond motifs is 1. The molecule has 7 heteroatoms. The van der Waals surface area contributed by atoms with Crippen molar-refractivity contribution in [2.75, 3.05) is 20.3 Å². The Hall–Kier alpha value is -2.38. The predicted octanol–water partition coefficient (Wildman–Crippen LogP) is 4.69. The van der Waals surface area contributed by atoms with Crippen molar-refractivity contribution in [2.24, 2.45) is 0 Å². The third-order valence-electron chi connectivity index (χ3n) is 5.12. The number of aliphatic hydroxyl groups excluding tert-OH is 1. The summed E-state index contributed by atoms with van der Waals surface area (Å²) in [6, 6.07) is 13.6. The summed E-state index contributed by atoms with van der Waals surface area (Å²) in [6.07, 6.45) is -1.16. The zero-order chi connectivity index (χ0) is 21.1. The molecule has 1 atom stereocenters. The van der Waals surface area contributed by atoms with E-state index in [2.05, 4.69) is 4.90 Å². The van der Waals surface area contributed by atoms with E-state index in [1.54, 1.807) is 19.2 Å². The number of rotatable bonds is 6. The van der Waals surface area contributed by atoms with Gasteiger partial charge in [0.2, 0.25) is 0 Å². The smallest absolute Gasteiger partial charge is 0.130 e. The molecule has 2 heterocycles. The maximum atomic E-state index is 14.3. The van der Waals surface area contributed by atoms with Crippen LogP contribution >= 0.6 is 11.6 Å². The molecule has 0 fully saturated rings. The number of aliphatic hydroxyl groups is 1. The molecule has 0 amide bonds. The summed E-state index contributed by atoms with van der Waals surface area (Å²) < 4.78 is 31.0. The third-order valence-corrected chi connectivity index (χ3v) is 5.45. The zero-order valence-corrected chi connectivity index (χ0v) is 17.4. The number of furan rings is 1. The second-order valence-electron chi connectivity index (χ2n) is 7.27. The molecule has 0 aliphatic carbocycles. The highest BCUT2D eigenvalue weighted by Gasteiger charge is 2.22. The minimum absolute atomic E-state index is 0.0757. The fourth-order valence-corrected chi connectivity index (χ4v) is 3.93. The molecule has 158 valence electrons. The Labute approximate surface area is 179 Å². The Kier molecular flexibility index (Phi) is 6.39. The van der Waals surface area contributed by atoms with E-state index in [9.17, 15) is 9.50 Å². The summed E-state index contributed by atoms with van der Waals surface area (Å²) >= 11 is 6.13. The molecule has 3 aromatic rings. The molecule has 4 rings (SSSR count). The van der Waals surface area contributed by atoms with Crippen molar-refractivity contribution >= 4 is 11.6 Å². The molecular formula is C23H23ClFNO4. The van der Waals surface area contributed by atoms with Crippen LogP contribution in [-0.4, -0.2) is 30.3 Å². The number of benzene rings is 2. The van der Waals surface area contributed by atoms with E-state index in [-0.39, 0.29) is 10.6 Å². The summed E-state index contributed by atoms with van der Waals surface area (Å²) in [5, 5.41) is 11.0. The molecule has 2 aromatic carbocycles. The van der Waals surface area contributed by atoms with Crippen LogP contribution in [-0.2, 0) is 24.4 Å². The number of hydrogen-bond acceptors (Lipinski definition) is 5. The minimum atomic E-state index is -1.16. The standard InChI is InChI=1S/C23H23ClFNO4/c1-28-14-18-7-6-17(30-18)13-26-9-10-29-21-8-5-15(11-16(21)12-26)23(27)22-19(24)3-2-4-20(22)25/h2-8,11,23,27H,9-10,12-14H2,1H3/t23-/m0/s1. The Balaban J connectivity index is 1.55. The van der Waals surface area contributed by atoms with Crippen molar-refractivity contribution in [3.05, 3.63) is 87.6 Å². The summed E-state index contributed by atoms with van der Waals surface area (Å²) in [5.41, 5.74) is 1.55. The normalized spacial score (nSPS) is 15.3. The molecule has 1 aromatic heterocycles. The van der Waals surface area contributed by atoms with Crippen molar-refractivity contribution in [3.63, 3.8) is 0 Å². The van der Waals surface area contributed by atoms with Crippen molar-refractivity contribution in [3.8, 4) is 5.75 Å². The van der Waals surface area contributed by atoms with Crippen LogP contribution in [0.15, 0.2) is 52.9 Å². The molecule has 0 saturated carbocycles. The van der Waals surface area contributed by atoms with Gasteiger partial charge in [0.05, 0.1) is 6.54 Å². The first-order valence-corrected chi connectivity index (χ1v) is 10.1. The first kappa shape index (κ1) is 20.9. The van der Waals surface area contributed by atoms with Gasteiger partial charge in [0.15, 0.2) is 0 Å². The SMILES string of the molecule is COCc1ccc(CN2CCOc3ccc([C@H](O)c4c(F)cccc4Cl)cc3C2)o1. The lowest BCUT2D eigenvalue weighted by Gasteiger charge is -2.19. The van der Waals surface area contributed by atoms with Crippen LogP contribution in [0.25, 0.3) is 0 Å². The Morgan fingerprint density at radius 3 is 2.83 bits per heavy atom. The van der Waals surface area contributed by atoms with Crippen LogP contribution in [0.2, 0.25) is 5.02 Å². The Morgan fingerprint density at radius 1 is 1.20 bits per heavy atom. The van der Waals surface area contributed by atoms with Gasteiger partial charge in [-0.1, -0.05) is 23.7 Å². The maximum absolute atomic E-state index is 14.3. The minimum Gasteiger partial charge on any atom is -0.492 e. The molecule has 0 spiro atoms. The lowest BCUT2D eigenvalue weighted by molar-refractivity contribution is 0.157. The molecule has 30 heavy (non-hydrogen) atoms. The van der Waals surface area contributed by atoms with E-state index in [1.165, 1.54) is 12.1 Å². The molecule has 1 aliphatic rings. The number of methoxy groups -OCH3 is 1. The van der Waals surface area contributed by atoms with E-state index in [4.69, 9.17) is 25.5 Å². The topological polar surface area (TPSA) is 55.1 Å². The first-order valence-electron chi connectivity index (χ1n) is 9.71. The predicted molar refractivity (Wildman–Crippen MR) is 111 cm³/mol. The number of ether oxygens (including phenoxy) is 2. The Bertz CT molecular complexity index is 1000. The molecule has 5 nitrogen and oxygen atoms in total. The van der Waals surface area contributed by atoms with Gasteiger partial charge < -0.3 is 19.0 Å². The highest BCUT2D eigenvalue weighted by atomic mass is 35.5. The van der Waals surface area contributed by atoms with Crippen LogP contribution in [0.5, 0.6) is 5.75 Å². The van der Waals surface area contributed by atoms with Gasteiger partial charge in [-0.2, -0.15) is 0 Å². The molecule has 0 unspecified atom stereocenters. The maximum Gasteiger partial charge on any atom is 0.130 e. The average Bonchev–Trinajstić information content (AvgIpc) is 3.05. The number of nitrogens with zero attached hydrogens (tertiary/aromatic N) is 1. The zero-order valence-electron chi connectivity index (χ0n) is 16.6. The Morgan fingerprint density at radius 2 is 2.03 bits per heavy atom. The van der Waals surface area contributed by atoms with Gasteiger partial charge in [-0.05, 0) is 42.0 Å². The molecular weight excluding hydrogens is 409 g/mol. The van der Waals surface area contributed by atoms with Gasteiger partial charge in [-0.3, -0.25) is 4.90 Å². The van der Waals surface area contributed by atoms with Gasteiger partial charge in [-0.15, -0.1) is 0 Å². The van der Waals surface area contributed by atoms with Crippen LogP contribution in [0, 0.1) is 5.82 Å². The molecule has 0 bridgehead atoms. The van der Waals surface area contributed by atoms with E-state index in [1.807, 2.05) is 24.3 Å². The van der Waals surface area contributed by atoms with Crippen LogP contribution in [0.3, 0.4) is 0 Å². The highest BCUT2D eigenvalue weighted by Crippen LogP contribution is 2.34. The number of hydrogen-bond donors (Lipinski definition) is 1. The lowest BCUT2D eigenvalue weighted by atomic mass is 9.98. The largest absolute Gasteiger partial charge is 0.492 e. The summed E-state index contributed by atoms with van der Waals surface area (Å²) in [4.78, 5) is 2.20. The molecule has 1 N–H and O–H groups in total. The molecule has 1 aliphatic heterocycles. The summed E-state index contributed by atoms with van der Waals surface area (Å²) in [7, 11) is 1.63. The van der Waals surface area contributed by atoms with Crippen LogP contribution in [0.4, 0.5) is 4.39 Å². The van der Waals surface area contributed by atoms with E-state index < -0.39 is 11.9 Å². The molecule has 0 radical (unpaired) electrons. The molecule has 0 saturated heterocycles. The summed E-state index contributed by atoms with van der Waals surface area (Å²) in [6.45, 7) is 2.94. The van der Waals surface area contributed by atoms with Gasteiger partial charge in [0.25, 0.3) is 0 Å². The van der Waals surface area contributed by atoms with Gasteiger partial charge >= 0.3 is 0 Å². The van der Waals surface area contributed by atoms with E-state index in [0.29, 0.717) is 31.9 Å². The van der Waals surface area contributed by atoms with Gasteiger partial charge in [0.1, 0.15) is 42.4 Å². The first-order chi connectivity index (χ1) is 14.5.